The first-order valence-corrected chi connectivity index (χ1v) is 9.49. The monoisotopic (exact) mass is 345 g/mol. The smallest absolute Gasteiger partial charge is 0.242 e. The maximum atomic E-state index is 12.8. The van der Waals surface area contributed by atoms with Crippen LogP contribution in [-0.2, 0) is 16.0 Å². The first-order chi connectivity index (χ1) is 12.1. The molecule has 0 unspecified atom stereocenters. The highest BCUT2D eigenvalue weighted by Crippen LogP contribution is 2.26. The summed E-state index contributed by atoms with van der Waals surface area (Å²) in [4.78, 5) is 31.2. The van der Waals surface area contributed by atoms with Crippen molar-refractivity contribution in [2.45, 2.75) is 40.0 Å². The van der Waals surface area contributed by atoms with Crippen molar-refractivity contribution >= 4 is 17.5 Å². The number of nitrogens with zero attached hydrogens (tertiary/aromatic N) is 3. The summed E-state index contributed by atoms with van der Waals surface area (Å²) in [5.74, 6) is 0.0813. The second kappa shape index (κ2) is 9.56. The highest BCUT2D eigenvalue weighted by atomic mass is 16.2. The van der Waals surface area contributed by atoms with Crippen molar-refractivity contribution in [2.24, 2.45) is 0 Å². The van der Waals surface area contributed by atoms with E-state index in [-0.39, 0.29) is 18.4 Å². The SMILES string of the molecule is CCN(CC)CCN(CC)C(=O)CN1C(=O)CCCc2ccccc21. The van der Waals surface area contributed by atoms with Crippen molar-refractivity contribution in [3.05, 3.63) is 29.8 Å². The van der Waals surface area contributed by atoms with Gasteiger partial charge >= 0.3 is 0 Å². The van der Waals surface area contributed by atoms with Crippen molar-refractivity contribution < 1.29 is 9.59 Å². The van der Waals surface area contributed by atoms with Gasteiger partial charge in [-0.15, -0.1) is 0 Å². The molecule has 0 bridgehead atoms. The van der Waals surface area contributed by atoms with Gasteiger partial charge in [0.15, 0.2) is 0 Å². The molecular formula is C20H31N3O2. The van der Waals surface area contributed by atoms with Gasteiger partial charge in [0, 0.05) is 31.7 Å². The third-order valence-corrected chi connectivity index (χ3v) is 5.03. The Kier molecular flexibility index (Phi) is 7.44. The summed E-state index contributed by atoms with van der Waals surface area (Å²) in [6, 6.07) is 7.95. The van der Waals surface area contributed by atoms with Gasteiger partial charge in [0.25, 0.3) is 0 Å². The van der Waals surface area contributed by atoms with E-state index in [1.54, 1.807) is 4.90 Å². The fraction of sp³-hybridized carbons (Fsp3) is 0.600. The van der Waals surface area contributed by atoms with E-state index < -0.39 is 0 Å². The highest BCUT2D eigenvalue weighted by Gasteiger charge is 2.25. The summed E-state index contributed by atoms with van der Waals surface area (Å²) in [5.41, 5.74) is 2.06. The number of benzene rings is 1. The normalized spacial score (nSPS) is 14.4. The quantitative estimate of drug-likeness (QED) is 0.727. The van der Waals surface area contributed by atoms with Crippen LogP contribution in [0.25, 0.3) is 0 Å². The van der Waals surface area contributed by atoms with Gasteiger partial charge in [-0.1, -0.05) is 32.0 Å². The zero-order chi connectivity index (χ0) is 18.2. The number of anilines is 1. The molecule has 5 heteroatoms. The number of para-hydroxylation sites is 1. The second-order valence-electron chi connectivity index (χ2n) is 6.46. The van der Waals surface area contributed by atoms with Gasteiger partial charge in [0.2, 0.25) is 11.8 Å². The van der Waals surface area contributed by atoms with Crippen LogP contribution in [0.4, 0.5) is 5.69 Å². The predicted molar refractivity (Wildman–Crippen MR) is 102 cm³/mol. The molecule has 5 nitrogen and oxygen atoms in total. The Hall–Kier alpha value is -1.88. The van der Waals surface area contributed by atoms with Crippen molar-refractivity contribution in [3.8, 4) is 0 Å². The van der Waals surface area contributed by atoms with Crippen LogP contribution in [0.3, 0.4) is 0 Å². The summed E-state index contributed by atoms with van der Waals surface area (Å²) < 4.78 is 0. The van der Waals surface area contributed by atoms with Crippen LogP contribution in [0, 0.1) is 0 Å². The highest BCUT2D eigenvalue weighted by molar-refractivity contribution is 5.99. The molecule has 1 aromatic carbocycles. The van der Waals surface area contributed by atoms with Crippen molar-refractivity contribution in [3.63, 3.8) is 0 Å². The fourth-order valence-corrected chi connectivity index (χ4v) is 3.35. The van der Waals surface area contributed by atoms with Crippen molar-refractivity contribution in [1.82, 2.24) is 9.80 Å². The Bertz CT molecular complexity index is 584. The first-order valence-electron chi connectivity index (χ1n) is 9.49. The molecule has 1 aromatic rings. The van der Waals surface area contributed by atoms with E-state index in [2.05, 4.69) is 24.8 Å². The lowest BCUT2D eigenvalue weighted by Crippen LogP contribution is -2.45. The largest absolute Gasteiger partial charge is 0.340 e. The van der Waals surface area contributed by atoms with Gasteiger partial charge in [0.05, 0.1) is 0 Å². The van der Waals surface area contributed by atoms with Crippen LogP contribution in [0.2, 0.25) is 0 Å². The van der Waals surface area contributed by atoms with Gasteiger partial charge < -0.3 is 14.7 Å². The number of hydrogen-bond acceptors (Lipinski definition) is 3. The molecule has 0 N–H and O–H groups in total. The number of carbonyl (C=O) groups is 2. The number of aryl methyl sites for hydroxylation is 1. The van der Waals surface area contributed by atoms with E-state index in [9.17, 15) is 9.59 Å². The van der Waals surface area contributed by atoms with Crippen LogP contribution in [0.5, 0.6) is 0 Å². The lowest BCUT2D eigenvalue weighted by atomic mass is 10.1. The molecule has 0 aromatic heterocycles. The average Bonchev–Trinajstić information content (AvgIpc) is 2.78. The molecule has 0 saturated heterocycles. The van der Waals surface area contributed by atoms with E-state index in [1.165, 1.54) is 0 Å². The summed E-state index contributed by atoms with van der Waals surface area (Å²) >= 11 is 0. The van der Waals surface area contributed by atoms with Crippen LogP contribution in [0.1, 0.15) is 39.2 Å². The summed E-state index contributed by atoms with van der Waals surface area (Å²) in [6.45, 7) is 10.6. The minimum absolute atomic E-state index is 0.0275. The Morgan fingerprint density at radius 1 is 1.04 bits per heavy atom. The molecule has 138 valence electrons. The molecule has 0 saturated carbocycles. The Balaban J connectivity index is 2.07. The maximum absolute atomic E-state index is 12.8. The van der Waals surface area contributed by atoms with Crippen molar-refractivity contribution in [2.75, 3.05) is 44.2 Å². The molecular weight excluding hydrogens is 314 g/mol. The average molecular weight is 345 g/mol. The number of likely N-dealkylation sites (N-methyl/N-ethyl adjacent to an activating group) is 2. The van der Waals surface area contributed by atoms with E-state index in [0.717, 1.165) is 43.7 Å². The minimum atomic E-state index is 0.0275. The zero-order valence-electron chi connectivity index (χ0n) is 15.8. The topological polar surface area (TPSA) is 43.9 Å². The zero-order valence-corrected chi connectivity index (χ0v) is 15.8. The van der Waals surface area contributed by atoms with Gasteiger partial charge in [-0.2, -0.15) is 0 Å². The molecule has 0 fully saturated rings. The van der Waals surface area contributed by atoms with E-state index in [1.807, 2.05) is 30.0 Å². The molecule has 0 radical (unpaired) electrons. The maximum Gasteiger partial charge on any atom is 0.242 e. The van der Waals surface area contributed by atoms with E-state index in [0.29, 0.717) is 19.5 Å². The standard InChI is InChI=1S/C20H31N3O2/c1-4-21(5-2)14-15-22(6-3)20(25)16-23-18-12-8-7-10-17(18)11-9-13-19(23)24/h7-8,10,12H,4-6,9,11,13-16H2,1-3H3. The molecule has 0 atom stereocenters. The Morgan fingerprint density at radius 2 is 1.76 bits per heavy atom. The molecule has 25 heavy (non-hydrogen) atoms. The summed E-state index contributed by atoms with van der Waals surface area (Å²) in [6.07, 6.45) is 2.25. The Labute approximate surface area is 151 Å². The molecule has 1 aliphatic rings. The van der Waals surface area contributed by atoms with Crippen molar-refractivity contribution in [1.29, 1.82) is 0 Å². The van der Waals surface area contributed by atoms with Gasteiger partial charge in [-0.25, -0.2) is 0 Å². The Morgan fingerprint density at radius 3 is 2.44 bits per heavy atom. The third-order valence-electron chi connectivity index (χ3n) is 5.03. The molecule has 1 heterocycles. The number of carbonyl (C=O) groups excluding carboxylic acids is 2. The van der Waals surface area contributed by atoms with Crippen LogP contribution in [0.15, 0.2) is 24.3 Å². The third kappa shape index (κ3) is 5.05. The van der Waals surface area contributed by atoms with E-state index >= 15 is 0 Å². The lowest BCUT2D eigenvalue weighted by Gasteiger charge is -2.29. The molecule has 0 aliphatic carbocycles. The molecule has 0 spiro atoms. The number of amides is 2. The van der Waals surface area contributed by atoms with Gasteiger partial charge in [0.1, 0.15) is 6.54 Å². The molecule has 2 rings (SSSR count). The summed E-state index contributed by atoms with van der Waals surface area (Å²) in [7, 11) is 0. The van der Waals surface area contributed by atoms with Gasteiger partial charge in [-0.3, -0.25) is 9.59 Å². The summed E-state index contributed by atoms with van der Waals surface area (Å²) in [5, 5.41) is 0. The van der Waals surface area contributed by atoms with Gasteiger partial charge in [-0.05, 0) is 44.5 Å². The van der Waals surface area contributed by atoms with Crippen LogP contribution >= 0.6 is 0 Å². The minimum Gasteiger partial charge on any atom is -0.340 e. The molecule has 1 aliphatic heterocycles. The first kappa shape index (κ1) is 19.4. The predicted octanol–water partition coefficient (Wildman–Crippen LogP) is 2.55. The number of fused-ring (bicyclic) bond motifs is 1. The van der Waals surface area contributed by atoms with Crippen LogP contribution in [-0.4, -0.2) is 60.9 Å². The van der Waals surface area contributed by atoms with Crippen LogP contribution < -0.4 is 4.90 Å². The second-order valence-corrected chi connectivity index (χ2v) is 6.46. The number of rotatable bonds is 8. The van der Waals surface area contributed by atoms with E-state index in [4.69, 9.17) is 0 Å². The lowest BCUT2D eigenvalue weighted by molar-refractivity contribution is -0.131. The molecule has 2 amide bonds. The fourth-order valence-electron chi connectivity index (χ4n) is 3.35. The number of hydrogen-bond donors (Lipinski definition) is 0.